The smallest absolute Gasteiger partial charge is 0.299 e. The van der Waals surface area contributed by atoms with Gasteiger partial charge in [-0.3, -0.25) is 4.79 Å². The summed E-state index contributed by atoms with van der Waals surface area (Å²) in [5, 5.41) is 30.4. The van der Waals surface area contributed by atoms with Gasteiger partial charge in [-0.2, -0.15) is 0 Å². The molecule has 0 atom stereocenters. The molecule has 1 amide bonds. The third-order valence-corrected chi connectivity index (χ3v) is 4.42. The highest BCUT2D eigenvalue weighted by Crippen LogP contribution is 2.38. The van der Waals surface area contributed by atoms with Crippen LogP contribution >= 0.6 is 0 Å². The predicted molar refractivity (Wildman–Crippen MR) is 99.0 cm³/mol. The van der Waals surface area contributed by atoms with Crippen molar-refractivity contribution >= 4 is 33.3 Å². The number of aryl methyl sites for hydroxylation is 1. The number of aromatic nitrogens is 1. The number of phenols is 1. The van der Waals surface area contributed by atoms with Gasteiger partial charge in [0.15, 0.2) is 5.69 Å². The highest BCUT2D eigenvalue weighted by Gasteiger charge is 2.16. The Hall–Kier alpha value is -3.67. The molecule has 6 nitrogen and oxygen atoms in total. The van der Waals surface area contributed by atoms with Crippen LogP contribution < -0.4 is 0 Å². The molecule has 0 aliphatic rings. The van der Waals surface area contributed by atoms with Gasteiger partial charge in [-0.15, -0.1) is 10.2 Å². The second-order valence-electron chi connectivity index (χ2n) is 5.94. The van der Waals surface area contributed by atoms with E-state index in [0.29, 0.717) is 10.8 Å². The van der Waals surface area contributed by atoms with E-state index in [1.54, 1.807) is 35.9 Å². The summed E-state index contributed by atoms with van der Waals surface area (Å²) in [6, 6.07) is 17.8. The van der Waals surface area contributed by atoms with Crippen LogP contribution in [-0.2, 0) is 7.05 Å². The molecule has 0 unspecified atom stereocenters. The number of aromatic hydroxyl groups is 2. The first kappa shape index (κ1) is 15.8. The van der Waals surface area contributed by atoms with E-state index in [4.69, 9.17) is 0 Å². The van der Waals surface area contributed by atoms with Crippen LogP contribution in [0.2, 0.25) is 0 Å². The lowest BCUT2D eigenvalue weighted by molar-refractivity contribution is 0.0992. The normalized spacial score (nSPS) is 11.6. The molecule has 0 saturated carbocycles. The quantitative estimate of drug-likeness (QED) is 0.518. The van der Waals surface area contributed by atoms with Crippen LogP contribution in [0.1, 0.15) is 10.4 Å². The Labute approximate surface area is 148 Å². The van der Waals surface area contributed by atoms with Crippen LogP contribution in [0.25, 0.3) is 21.7 Å². The molecule has 128 valence electrons. The number of amides is 1. The first-order valence-corrected chi connectivity index (χ1v) is 8.01. The van der Waals surface area contributed by atoms with E-state index in [1.807, 2.05) is 30.3 Å². The molecule has 0 spiro atoms. The lowest BCUT2D eigenvalue weighted by Crippen LogP contribution is -1.94. The lowest BCUT2D eigenvalue weighted by atomic mass is 10.1. The number of benzene rings is 3. The SMILES string of the molecule is Cn1c(O)c(N=NC(=O)c2ccc3ccccc3c2O)c2ccccc21. The topological polar surface area (TPSA) is 87.2 Å². The maximum Gasteiger partial charge on any atom is 0.299 e. The molecule has 0 aliphatic heterocycles. The molecular weight excluding hydrogens is 330 g/mol. The molecule has 0 bridgehead atoms. The monoisotopic (exact) mass is 345 g/mol. The fourth-order valence-electron chi connectivity index (χ4n) is 3.04. The molecule has 0 radical (unpaired) electrons. The fourth-order valence-corrected chi connectivity index (χ4v) is 3.04. The van der Waals surface area contributed by atoms with Crippen LogP contribution in [0.15, 0.2) is 70.9 Å². The Balaban J connectivity index is 1.76. The van der Waals surface area contributed by atoms with Crippen molar-refractivity contribution in [3.8, 4) is 11.6 Å². The zero-order chi connectivity index (χ0) is 18.3. The lowest BCUT2D eigenvalue weighted by Gasteiger charge is -2.04. The van der Waals surface area contributed by atoms with Gasteiger partial charge in [0.05, 0.1) is 11.1 Å². The van der Waals surface area contributed by atoms with Crippen LogP contribution in [0.3, 0.4) is 0 Å². The highest BCUT2D eigenvalue weighted by molar-refractivity contribution is 6.04. The van der Waals surface area contributed by atoms with Crippen molar-refractivity contribution in [2.75, 3.05) is 0 Å². The van der Waals surface area contributed by atoms with Crippen LogP contribution in [0, 0.1) is 0 Å². The van der Waals surface area contributed by atoms with E-state index < -0.39 is 5.91 Å². The van der Waals surface area contributed by atoms with Crippen molar-refractivity contribution in [1.82, 2.24) is 4.57 Å². The number of nitrogens with zero attached hydrogens (tertiary/aromatic N) is 3. The minimum atomic E-state index is -0.680. The third kappa shape index (κ3) is 2.39. The minimum Gasteiger partial charge on any atom is -0.506 e. The Morgan fingerprint density at radius 3 is 2.42 bits per heavy atom. The van der Waals surface area contributed by atoms with Crippen molar-refractivity contribution in [2.24, 2.45) is 17.3 Å². The van der Waals surface area contributed by atoms with Crippen molar-refractivity contribution in [3.63, 3.8) is 0 Å². The molecule has 2 N–H and O–H groups in total. The van der Waals surface area contributed by atoms with E-state index in [1.165, 1.54) is 6.07 Å². The van der Waals surface area contributed by atoms with Gasteiger partial charge < -0.3 is 14.8 Å². The summed E-state index contributed by atoms with van der Waals surface area (Å²) in [4.78, 5) is 12.4. The number of fused-ring (bicyclic) bond motifs is 2. The van der Waals surface area contributed by atoms with E-state index >= 15 is 0 Å². The summed E-state index contributed by atoms with van der Waals surface area (Å²) in [7, 11) is 1.70. The van der Waals surface area contributed by atoms with Gasteiger partial charge in [-0.1, -0.05) is 48.5 Å². The summed E-state index contributed by atoms with van der Waals surface area (Å²) in [5.41, 5.74) is 1.06. The van der Waals surface area contributed by atoms with Crippen molar-refractivity contribution in [3.05, 3.63) is 66.2 Å². The second kappa shape index (κ2) is 6.00. The second-order valence-corrected chi connectivity index (χ2v) is 5.94. The summed E-state index contributed by atoms with van der Waals surface area (Å²) in [6.07, 6.45) is 0. The molecule has 1 heterocycles. The van der Waals surface area contributed by atoms with Gasteiger partial charge >= 0.3 is 0 Å². The van der Waals surface area contributed by atoms with Crippen LogP contribution in [0.4, 0.5) is 5.69 Å². The molecular formula is C20H15N3O3. The number of azo groups is 1. The summed E-state index contributed by atoms with van der Waals surface area (Å²) in [6.45, 7) is 0. The molecule has 4 aromatic rings. The van der Waals surface area contributed by atoms with Gasteiger partial charge in [0.2, 0.25) is 5.88 Å². The van der Waals surface area contributed by atoms with Crippen molar-refractivity contribution in [1.29, 1.82) is 0 Å². The van der Waals surface area contributed by atoms with Gasteiger partial charge in [0.25, 0.3) is 5.91 Å². The average molecular weight is 345 g/mol. The van der Waals surface area contributed by atoms with E-state index in [9.17, 15) is 15.0 Å². The largest absolute Gasteiger partial charge is 0.506 e. The van der Waals surface area contributed by atoms with Crippen LogP contribution in [-0.4, -0.2) is 20.7 Å². The highest BCUT2D eigenvalue weighted by atomic mass is 16.3. The van der Waals surface area contributed by atoms with E-state index in [-0.39, 0.29) is 22.9 Å². The zero-order valence-electron chi connectivity index (χ0n) is 13.9. The zero-order valence-corrected chi connectivity index (χ0v) is 13.9. The number of para-hydroxylation sites is 1. The summed E-state index contributed by atoms with van der Waals surface area (Å²) in [5.74, 6) is -0.889. The van der Waals surface area contributed by atoms with Gasteiger partial charge in [-0.05, 0) is 17.5 Å². The summed E-state index contributed by atoms with van der Waals surface area (Å²) < 4.78 is 1.57. The molecule has 4 rings (SSSR count). The predicted octanol–water partition coefficient (Wildman–Crippen LogP) is 4.67. The van der Waals surface area contributed by atoms with Crippen molar-refractivity contribution < 1.29 is 15.0 Å². The van der Waals surface area contributed by atoms with Crippen molar-refractivity contribution in [2.45, 2.75) is 0 Å². The van der Waals surface area contributed by atoms with Crippen LogP contribution in [0.5, 0.6) is 11.6 Å². The molecule has 0 aliphatic carbocycles. The maximum absolute atomic E-state index is 12.4. The maximum atomic E-state index is 12.4. The minimum absolute atomic E-state index is 0.0622. The Morgan fingerprint density at radius 2 is 1.62 bits per heavy atom. The number of rotatable bonds is 2. The first-order chi connectivity index (χ1) is 12.6. The average Bonchev–Trinajstić information content (AvgIpc) is 2.91. The van der Waals surface area contributed by atoms with Gasteiger partial charge in [0.1, 0.15) is 5.75 Å². The molecule has 0 saturated heterocycles. The Kier molecular flexibility index (Phi) is 3.65. The number of carbonyl (C=O) groups is 1. The number of hydrogen-bond donors (Lipinski definition) is 2. The molecule has 3 aromatic carbocycles. The standard InChI is InChI=1S/C20H15N3O3/c1-23-16-9-5-4-8-14(16)17(20(23)26)21-22-19(25)15-11-10-12-6-2-3-7-13(12)18(15)24/h2-11,24,26H,1H3. The molecule has 0 fully saturated rings. The Morgan fingerprint density at radius 1 is 0.923 bits per heavy atom. The number of carbonyl (C=O) groups excluding carboxylic acids is 1. The van der Waals surface area contributed by atoms with E-state index in [2.05, 4.69) is 10.2 Å². The number of hydrogen-bond acceptors (Lipinski definition) is 4. The molecule has 6 heteroatoms. The molecule has 1 aromatic heterocycles. The third-order valence-electron chi connectivity index (χ3n) is 4.42. The molecule has 26 heavy (non-hydrogen) atoms. The summed E-state index contributed by atoms with van der Waals surface area (Å²) >= 11 is 0. The van der Waals surface area contributed by atoms with E-state index in [0.717, 1.165) is 10.9 Å². The number of phenolic OH excluding ortho intramolecular Hbond substituents is 1. The first-order valence-electron chi connectivity index (χ1n) is 8.01. The fraction of sp³-hybridized carbons (Fsp3) is 0.0500. The Bertz CT molecular complexity index is 1190. The van der Waals surface area contributed by atoms with Gasteiger partial charge in [-0.25, -0.2) is 0 Å². The van der Waals surface area contributed by atoms with Gasteiger partial charge in [0, 0.05) is 17.8 Å².